The lowest BCUT2D eigenvalue weighted by molar-refractivity contribution is -0.127. The fourth-order valence-electron chi connectivity index (χ4n) is 3.00. The van der Waals surface area contributed by atoms with Gasteiger partial charge in [0, 0.05) is 36.0 Å². The lowest BCUT2D eigenvalue weighted by Gasteiger charge is -2.17. The number of carbonyl (C=O) groups excluding carboxylic acids is 1. The molecule has 0 N–H and O–H groups in total. The van der Waals surface area contributed by atoms with Crippen molar-refractivity contribution in [3.8, 4) is 10.4 Å². The van der Waals surface area contributed by atoms with E-state index >= 15 is 0 Å². The fourth-order valence-corrected chi connectivity index (χ4v) is 6.41. The molecule has 4 aromatic heterocycles. The Morgan fingerprint density at radius 3 is 2.87 bits per heavy atom. The van der Waals surface area contributed by atoms with Gasteiger partial charge in [0.15, 0.2) is 5.16 Å². The molecule has 30 heavy (non-hydrogen) atoms. The predicted octanol–water partition coefficient (Wildman–Crippen LogP) is 5.18. The van der Waals surface area contributed by atoms with E-state index in [4.69, 9.17) is 4.98 Å². The molecule has 0 atom stereocenters. The molecule has 0 bridgehead atoms. The summed E-state index contributed by atoms with van der Waals surface area (Å²) in [5.41, 5.74) is 1.94. The van der Waals surface area contributed by atoms with Crippen LogP contribution in [0.2, 0.25) is 0 Å². The van der Waals surface area contributed by atoms with E-state index in [0.29, 0.717) is 28.5 Å². The van der Waals surface area contributed by atoms with Gasteiger partial charge < -0.3 is 4.90 Å². The van der Waals surface area contributed by atoms with Gasteiger partial charge in [0.1, 0.15) is 4.83 Å². The minimum Gasteiger partial charge on any atom is -0.341 e. The maximum Gasteiger partial charge on any atom is 0.263 e. The molecule has 0 aliphatic rings. The molecule has 154 valence electrons. The zero-order chi connectivity index (χ0) is 21.1. The minimum absolute atomic E-state index is 0.00356. The summed E-state index contributed by atoms with van der Waals surface area (Å²) in [7, 11) is 1.79. The fraction of sp³-hybridized carbons (Fsp3) is 0.190. The maximum absolute atomic E-state index is 13.3. The third kappa shape index (κ3) is 4.29. The Bertz CT molecular complexity index is 1220. The number of rotatable bonds is 8. The number of amides is 1. The van der Waals surface area contributed by atoms with Gasteiger partial charge in [-0.1, -0.05) is 23.9 Å². The Morgan fingerprint density at radius 2 is 2.17 bits per heavy atom. The SMILES string of the molecule is C=CCn1c(SCC(=O)N(C)Cc2ccsc2)nc2scc(-c3cccs3)c2c1=O. The molecule has 0 radical (unpaired) electrons. The summed E-state index contributed by atoms with van der Waals surface area (Å²) in [5.74, 6) is 0.218. The highest BCUT2D eigenvalue weighted by atomic mass is 32.2. The van der Waals surface area contributed by atoms with Crippen LogP contribution in [0.4, 0.5) is 0 Å². The van der Waals surface area contributed by atoms with Gasteiger partial charge in [0.2, 0.25) is 5.91 Å². The van der Waals surface area contributed by atoms with E-state index in [0.717, 1.165) is 16.0 Å². The van der Waals surface area contributed by atoms with Crippen molar-refractivity contribution >= 4 is 61.9 Å². The molecule has 0 aliphatic carbocycles. The Morgan fingerprint density at radius 1 is 1.30 bits per heavy atom. The van der Waals surface area contributed by atoms with Crippen LogP contribution in [0.25, 0.3) is 20.7 Å². The number of nitrogens with zero attached hydrogens (tertiary/aromatic N) is 3. The summed E-state index contributed by atoms with van der Waals surface area (Å²) < 4.78 is 1.61. The van der Waals surface area contributed by atoms with E-state index in [1.807, 2.05) is 39.7 Å². The van der Waals surface area contributed by atoms with Gasteiger partial charge in [0.05, 0.1) is 11.1 Å². The van der Waals surface area contributed by atoms with Gasteiger partial charge in [-0.25, -0.2) is 4.98 Å². The summed E-state index contributed by atoms with van der Waals surface area (Å²) >= 11 is 5.97. The lowest BCUT2D eigenvalue weighted by Crippen LogP contribution is -2.28. The molecule has 9 heteroatoms. The van der Waals surface area contributed by atoms with Crippen molar-refractivity contribution in [3.63, 3.8) is 0 Å². The second kappa shape index (κ2) is 9.30. The van der Waals surface area contributed by atoms with Crippen LogP contribution in [-0.4, -0.2) is 33.2 Å². The molecule has 0 unspecified atom stereocenters. The van der Waals surface area contributed by atoms with Crippen molar-refractivity contribution < 1.29 is 4.79 Å². The average Bonchev–Trinajstić information content (AvgIpc) is 3.49. The molecule has 1 amide bonds. The molecule has 0 aliphatic heterocycles. The number of thiophene rings is 3. The van der Waals surface area contributed by atoms with Crippen LogP contribution >= 0.6 is 45.8 Å². The summed E-state index contributed by atoms with van der Waals surface area (Å²) in [5, 5.41) is 9.20. The van der Waals surface area contributed by atoms with Crippen LogP contribution in [0.5, 0.6) is 0 Å². The predicted molar refractivity (Wildman–Crippen MR) is 129 cm³/mol. The molecule has 0 saturated carbocycles. The van der Waals surface area contributed by atoms with Gasteiger partial charge in [0.25, 0.3) is 5.56 Å². The second-order valence-corrected chi connectivity index (χ2v) is 10.1. The molecule has 0 aromatic carbocycles. The van der Waals surface area contributed by atoms with E-state index in [2.05, 4.69) is 6.58 Å². The highest BCUT2D eigenvalue weighted by molar-refractivity contribution is 7.99. The number of carbonyl (C=O) groups is 1. The van der Waals surface area contributed by atoms with Crippen molar-refractivity contribution in [2.45, 2.75) is 18.2 Å². The quantitative estimate of drug-likeness (QED) is 0.201. The molecule has 4 rings (SSSR count). The Balaban J connectivity index is 1.60. The normalized spacial score (nSPS) is 11.1. The van der Waals surface area contributed by atoms with Crippen molar-refractivity contribution in [1.29, 1.82) is 0 Å². The number of thioether (sulfide) groups is 1. The molecule has 0 saturated heterocycles. The molecule has 5 nitrogen and oxygen atoms in total. The first-order valence-electron chi connectivity index (χ1n) is 9.13. The Kier molecular flexibility index (Phi) is 6.52. The third-order valence-corrected chi connectivity index (χ3v) is 7.98. The van der Waals surface area contributed by atoms with Gasteiger partial charge in [-0.2, -0.15) is 11.3 Å². The smallest absolute Gasteiger partial charge is 0.263 e. The van der Waals surface area contributed by atoms with Crippen LogP contribution in [-0.2, 0) is 17.9 Å². The van der Waals surface area contributed by atoms with E-state index in [1.54, 1.807) is 45.3 Å². The number of hydrogen-bond acceptors (Lipinski definition) is 7. The van der Waals surface area contributed by atoms with Crippen molar-refractivity contribution in [3.05, 3.63) is 68.3 Å². The number of fused-ring (bicyclic) bond motifs is 1. The molecule has 0 spiro atoms. The van der Waals surface area contributed by atoms with Crippen LogP contribution in [0.15, 0.2) is 62.3 Å². The molecule has 0 fully saturated rings. The summed E-state index contributed by atoms with van der Waals surface area (Å²) in [6.45, 7) is 4.70. The van der Waals surface area contributed by atoms with Crippen LogP contribution in [0.1, 0.15) is 5.56 Å². The lowest BCUT2D eigenvalue weighted by atomic mass is 10.2. The molecular formula is C21H19N3O2S4. The summed E-state index contributed by atoms with van der Waals surface area (Å²) in [6, 6.07) is 6.00. The maximum atomic E-state index is 13.3. The van der Waals surface area contributed by atoms with Gasteiger partial charge in [-0.3, -0.25) is 14.2 Å². The summed E-state index contributed by atoms with van der Waals surface area (Å²) in [6.07, 6.45) is 1.68. The zero-order valence-corrected chi connectivity index (χ0v) is 19.5. The van der Waals surface area contributed by atoms with Crippen LogP contribution in [0, 0.1) is 0 Å². The molecule has 4 aromatic rings. The first-order chi connectivity index (χ1) is 14.6. The van der Waals surface area contributed by atoms with E-state index in [1.165, 1.54) is 23.1 Å². The standard InChI is InChI=1S/C21H19N3O2S4/c1-3-7-24-20(26)18-15(16-5-4-8-28-16)12-29-19(18)22-21(24)30-13-17(25)23(2)10-14-6-9-27-11-14/h3-6,8-9,11-12H,1,7,10,13H2,2H3. The van der Waals surface area contributed by atoms with Crippen molar-refractivity contribution in [1.82, 2.24) is 14.5 Å². The first-order valence-corrected chi connectivity index (χ1v) is 12.8. The highest BCUT2D eigenvalue weighted by Gasteiger charge is 2.19. The number of hydrogen-bond donors (Lipinski definition) is 0. The highest BCUT2D eigenvalue weighted by Crippen LogP contribution is 2.34. The zero-order valence-electron chi connectivity index (χ0n) is 16.2. The first kappa shape index (κ1) is 21.0. The van der Waals surface area contributed by atoms with Crippen molar-refractivity contribution in [2.24, 2.45) is 0 Å². The van der Waals surface area contributed by atoms with Crippen LogP contribution in [0.3, 0.4) is 0 Å². The van der Waals surface area contributed by atoms with Gasteiger partial charge in [-0.15, -0.1) is 29.3 Å². The van der Waals surface area contributed by atoms with Gasteiger partial charge in [-0.05, 0) is 33.8 Å². The van der Waals surface area contributed by atoms with Crippen LogP contribution < -0.4 is 5.56 Å². The van der Waals surface area contributed by atoms with Crippen molar-refractivity contribution in [2.75, 3.05) is 12.8 Å². The average molecular weight is 474 g/mol. The minimum atomic E-state index is -0.0915. The van der Waals surface area contributed by atoms with Gasteiger partial charge >= 0.3 is 0 Å². The molecular weight excluding hydrogens is 455 g/mol. The third-order valence-electron chi connectivity index (χ3n) is 4.51. The monoisotopic (exact) mass is 473 g/mol. The largest absolute Gasteiger partial charge is 0.341 e. The second-order valence-electron chi connectivity index (χ2n) is 6.58. The number of allylic oxidation sites excluding steroid dienone is 1. The topological polar surface area (TPSA) is 55.2 Å². The summed E-state index contributed by atoms with van der Waals surface area (Å²) in [4.78, 5) is 34.1. The van der Waals surface area contributed by atoms with E-state index in [-0.39, 0.29) is 17.2 Å². The van der Waals surface area contributed by atoms with E-state index in [9.17, 15) is 9.59 Å². The Hall–Kier alpha value is -2.20. The number of aromatic nitrogens is 2. The Labute approximate surface area is 190 Å². The van der Waals surface area contributed by atoms with E-state index < -0.39 is 0 Å². The molecule has 4 heterocycles.